The molecule has 2 amide bonds. The molecule has 3 saturated heterocycles. The Morgan fingerprint density at radius 3 is 2.68 bits per heavy atom. The van der Waals surface area contributed by atoms with Crippen LogP contribution < -0.4 is 0 Å². The summed E-state index contributed by atoms with van der Waals surface area (Å²) in [6.45, 7) is 7.29. The van der Waals surface area contributed by atoms with Gasteiger partial charge in [-0.25, -0.2) is 0 Å². The molecule has 152 valence electrons. The summed E-state index contributed by atoms with van der Waals surface area (Å²) in [7, 11) is 0. The van der Waals surface area contributed by atoms with Crippen molar-refractivity contribution < 1.29 is 19.1 Å². The number of ether oxygens (including phenoxy) is 2. The van der Waals surface area contributed by atoms with Crippen molar-refractivity contribution in [3.05, 3.63) is 35.9 Å². The largest absolute Gasteiger partial charge is 0.379 e. The molecule has 3 aliphatic rings. The van der Waals surface area contributed by atoms with Crippen molar-refractivity contribution in [2.45, 2.75) is 31.5 Å². The lowest BCUT2D eigenvalue weighted by molar-refractivity contribution is -0.191. The van der Waals surface area contributed by atoms with Crippen LogP contribution in [0.5, 0.6) is 0 Å². The topological polar surface area (TPSA) is 62.3 Å². The summed E-state index contributed by atoms with van der Waals surface area (Å²) in [5.74, 6) is 0.163. The molecule has 0 unspecified atom stereocenters. The van der Waals surface area contributed by atoms with Gasteiger partial charge >= 0.3 is 0 Å². The molecule has 1 aromatic carbocycles. The van der Waals surface area contributed by atoms with E-state index in [0.717, 1.165) is 25.1 Å². The zero-order valence-electron chi connectivity index (χ0n) is 16.5. The predicted molar refractivity (Wildman–Crippen MR) is 104 cm³/mol. The van der Waals surface area contributed by atoms with Crippen LogP contribution in [0.25, 0.3) is 0 Å². The van der Waals surface area contributed by atoms with Gasteiger partial charge in [-0.15, -0.1) is 0 Å². The molecule has 3 heterocycles. The minimum absolute atomic E-state index is 0.0126. The fourth-order valence-corrected chi connectivity index (χ4v) is 4.50. The Balaban J connectivity index is 1.42. The predicted octanol–water partition coefficient (Wildman–Crippen LogP) is 0.737. The molecule has 0 bridgehead atoms. The Kier molecular flexibility index (Phi) is 5.66. The number of benzene rings is 1. The van der Waals surface area contributed by atoms with Crippen LogP contribution in [0.1, 0.15) is 18.9 Å². The summed E-state index contributed by atoms with van der Waals surface area (Å²) in [5.41, 5.74) is 0.590. The van der Waals surface area contributed by atoms with Crippen molar-refractivity contribution in [1.29, 1.82) is 0 Å². The number of piperidine rings is 1. The van der Waals surface area contributed by atoms with Crippen LogP contribution in [-0.4, -0.2) is 90.7 Å². The summed E-state index contributed by atoms with van der Waals surface area (Å²) in [6.07, 6.45) is 0.740. The average molecular weight is 387 g/mol. The van der Waals surface area contributed by atoms with Crippen LogP contribution in [0.2, 0.25) is 0 Å². The monoisotopic (exact) mass is 387 g/mol. The molecule has 3 aliphatic heterocycles. The molecule has 0 N–H and O–H groups in total. The maximum atomic E-state index is 12.8. The van der Waals surface area contributed by atoms with E-state index in [1.165, 1.54) is 0 Å². The summed E-state index contributed by atoms with van der Waals surface area (Å²) in [6, 6.07) is 10.0. The molecule has 3 fully saturated rings. The summed E-state index contributed by atoms with van der Waals surface area (Å²) in [4.78, 5) is 31.4. The van der Waals surface area contributed by atoms with Crippen LogP contribution in [0.3, 0.4) is 0 Å². The number of amides is 2. The van der Waals surface area contributed by atoms with Gasteiger partial charge in [0.15, 0.2) is 0 Å². The molecule has 0 radical (unpaired) electrons. The number of nitrogens with zero attached hydrogens (tertiary/aromatic N) is 3. The Bertz CT molecular complexity index is 707. The second-order valence-corrected chi connectivity index (χ2v) is 8.12. The lowest BCUT2D eigenvalue weighted by Gasteiger charge is -2.53. The van der Waals surface area contributed by atoms with Crippen LogP contribution in [0, 0.1) is 0 Å². The number of hydrogen-bond acceptors (Lipinski definition) is 5. The van der Waals surface area contributed by atoms with Crippen molar-refractivity contribution in [2.75, 3.05) is 52.5 Å². The third-order valence-corrected chi connectivity index (χ3v) is 6.12. The number of fused-ring (bicyclic) bond motifs is 1. The molecular formula is C21H29N3O4. The van der Waals surface area contributed by atoms with Crippen LogP contribution in [0.15, 0.2) is 30.3 Å². The summed E-state index contributed by atoms with van der Waals surface area (Å²) in [5, 5.41) is 0. The van der Waals surface area contributed by atoms with Gasteiger partial charge in [-0.05, 0) is 18.9 Å². The number of rotatable bonds is 4. The maximum Gasteiger partial charge on any atom is 0.249 e. The third-order valence-electron chi connectivity index (χ3n) is 6.12. The highest BCUT2D eigenvalue weighted by atomic mass is 16.5. The minimum atomic E-state index is -0.526. The quantitative estimate of drug-likeness (QED) is 0.763. The fourth-order valence-electron chi connectivity index (χ4n) is 4.50. The highest BCUT2D eigenvalue weighted by Gasteiger charge is 2.49. The van der Waals surface area contributed by atoms with Crippen LogP contribution >= 0.6 is 0 Å². The second-order valence-electron chi connectivity index (χ2n) is 8.12. The molecule has 0 spiro atoms. The van der Waals surface area contributed by atoms with E-state index in [9.17, 15) is 9.59 Å². The van der Waals surface area contributed by atoms with Crippen molar-refractivity contribution >= 4 is 11.8 Å². The standard InChI is InChI=1S/C21H29N3O4/c1-21-16-23(19(25)14-22-9-11-27-12-10-22)8-7-18(21)24(20(26)15-28-21)13-17-5-3-2-4-6-17/h2-6,18H,7-16H2,1H3/t18-,21-/m1/s1. The van der Waals surface area contributed by atoms with Crippen LogP contribution in [-0.2, 0) is 25.6 Å². The third kappa shape index (κ3) is 4.06. The molecule has 0 aliphatic carbocycles. The van der Waals surface area contributed by atoms with Crippen molar-refractivity contribution in [2.24, 2.45) is 0 Å². The fraction of sp³-hybridized carbons (Fsp3) is 0.619. The van der Waals surface area contributed by atoms with E-state index in [0.29, 0.717) is 39.4 Å². The molecule has 7 heteroatoms. The van der Waals surface area contributed by atoms with Crippen molar-refractivity contribution in [3.63, 3.8) is 0 Å². The van der Waals surface area contributed by atoms with E-state index in [-0.39, 0.29) is 24.5 Å². The Labute approximate surface area is 166 Å². The van der Waals surface area contributed by atoms with Gasteiger partial charge in [-0.2, -0.15) is 0 Å². The molecule has 4 rings (SSSR count). The lowest BCUT2D eigenvalue weighted by Crippen LogP contribution is -2.68. The van der Waals surface area contributed by atoms with Gasteiger partial charge in [0.25, 0.3) is 0 Å². The molecule has 0 aromatic heterocycles. The highest BCUT2D eigenvalue weighted by Crippen LogP contribution is 2.34. The van der Waals surface area contributed by atoms with E-state index < -0.39 is 5.60 Å². The lowest BCUT2D eigenvalue weighted by atomic mass is 9.85. The number of carbonyl (C=O) groups excluding carboxylic acids is 2. The van der Waals surface area contributed by atoms with E-state index in [1.807, 2.05) is 47.1 Å². The Hall–Kier alpha value is -1.96. The normalized spacial score (nSPS) is 28.9. The van der Waals surface area contributed by atoms with E-state index in [1.54, 1.807) is 0 Å². The molecule has 28 heavy (non-hydrogen) atoms. The smallest absolute Gasteiger partial charge is 0.249 e. The Morgan fingerprint density at radius 2 is 1.93 bits per heavy atom. The Morgan fingerprint density at radius 1 is 1.18 bits per heavy atom. The summed E-state index contributed by atoms with van der Waals surface area (Å²) >= 11 is 0. The zero-order valence-corrected chi connectivity index (χ0v) is 16.5. The molecule has 1 aromatic rings. The second kappa shape index (κ2) is 8.19. The van der Waals surface area contributed by atoms with E-state index in [4.69, 9.17) is 9.47 Å². The zero-order chi connectivity index (χ0) is 19.6. The van der Waals surface area contributed by atoms with Gasteiger partial charge in [0.2, 0.25) is 11.8 Å². The summed E-state index contributed by atoms with van der Waals surface area (Å²) < 4.78 is 11.4. The first-order valence-corrected chi connectivity index (χ1v) is 10.1. The van der Waals surface area contributed by atoms with Gasteiger partial charge in [-0.3, -0.25) is 14.5 Å². The number of carbonyl (C=O) groups is 2. The van der Waals surface area contributed by atoms with Gasteiger partial charge in [0, 0.05) is 26.2 Å². The molecule has 2 atom stereocenters. The first-order valence-electron chi connectivity index (χ1n) is 10.1. The van der Waals surface area contributed by atoms with Gasteiger partial charge < -0.3 is 19.3 Å². The highest BCUT2D eigenvalue weighted by molar-refractivity contribution is 5.80. The van der Waals surface area contributed by atoms with Crippen molar-refractivity contribution in [1.82, 2.24) is 14.7 Å². The number of morpholine rings is 2. The van der Waals surface area contributed by atoms with Gasteiger partial charge in [0.05, 0.1) is 32.3 Å². The molecule has 7 nitrogen and oxygen atoms in total. The molecular weight excluding hydrogens is 358 g/mol. The maximum absolute atomic E-state index is 12.8. The number of hydrogen-bond donors (Lipinski definition) is 0. The van der Waals surface area contributed by atoms with E-state index >= 15 is 0 Å². The first-order chi connectivity index (χ1) is 13.5. The SMILES string of the molecule is C[C@@]12CN(C(=O)CN3CCOCC3)CC[C@H]1N(Cc1ccccc1)C(=O)CO2. The van der Waals surface area contributed by atoms with Crippen molar-refractivity contribution in [3.8, 4) is 0 Å². The molecule has 0 saturated carbocycles. The van der Waals surface area contributed by atoms with E-state index in [2.05, 4.69) is 4.90 Å². The van der Waals surface area contributed by atoms with Crippen LogP contribution in [0.4, 0.5) is 0 Å². The minimum Gasteiger partial charge on any atom is -0.379 e. The first kappa shape index (κ1) is 19.4. The average Bonchev–Trinajstić information content (AvgIpc) is 2.71. The van der Waals surface area contributed by atoms with Gasteiger partial charge in [-0.1, -0.05) is 30.3 Å². The van der Waals surface area contributed by atoms with Gasteiger partial charge in [0.1, 0.15) is 12.2 Å². The number of likely N-dealkylation sites (tertiary alicyclic amines) is 1.